The third-order valence-corrected chi connectivity index (χ3v) is 8.02. The maximum absolute atomic E-state index is 14.5. The van der Waals surface area contributed by atoms with Crippen LogP contribution in [0.3, 0.4) is 0 Å². The van der Waals surface area contributed by atoms with Gasteiger partial charge < -0.3 is 35.1 Å². The van der Waals surface area contributed by atoms with Crippen LogP contribution in [0, 0.1) is 5.82 Å². The van der Waals surface area contributed by atoms with Gasteiger partial charge in [0.15, 0.2) is 17.0 Å². The van der Waals surface area contributed by atoms with Gasteiger partial charge in [0.2, 0.25) is 0 Å². The summed E-state index contributed by atoms with van der Waals surface area (Å²) in [6.07, 6.45) is 6.32. The molecule has 4 heterocycles. The number of nitrogens with zero attached hydrogens (tertiary/aromatic N) is 3. The molecule has 38 heavy (non-hydrogen) atoms. The number of hydrogen-bond donors (Lipinski definition) is 4. The van der Waals surface area contributed by atoms with Crippen molar-refractivity contribution < 1.29 is 19.3 Å². The molecule has 10 heteroatoms. The second-order valence-corrected chi connectivity index (χ2v) is 10.1. The molecular formula is C28H32FN5O4. The smallest absolute Gasteiger partial charge is 0.192 e. The number of aliphatic hydroxyl groups excluding tert-OH is 1. The predicted octanol–water partition coefficient (Wildman–Crippen LogP) is 2.93. The molecule has 2 aromatic carbocycles. The van der Waals surface area contributed by atoms with E-state index in [-0.39, 0.29) is 5.39 Å². The standard InChI is InChI=1S/C28H32FN5O4/c1-38-19-14-17-2-3-24(37)31-27(17)20(15-19)34-12-10-32(11-13-34)18-5-8-33(9-6-18)21-16-23(36)26(29)25-22(35)4-7-30-28(21)25/h2-4,7,14-16,18,24,31,36-37H,5-6,8-13H2,1H3,(H,30,35). The third kappa shape index (κ3) is 4.33. The first kappa shape index (κ1) is 24.6. The molecule has 3 aliphatic rings. The first-order valence-corrected chi connectivity index (χ1v) is 13.0. The summed E-state index contributed by atoms with van der Waals surface area (Å²) in [5, 5.41) is 23.3. The molecule has 0 radical (unpaired) electrons. The first-order valence-electron chi connectivity index (χ1n) is 13.0. The number of H-pyrrole nitrogens is 1. The molecule has 0 bridgehead atoms. The number of methoxy groups -OCH3 is 1. The molecule has 4 N–H and O–H groups in total. The molecular weight excluding hydrogens is 489 g/mol. The number of piperidine rings is 1. The number of halogens is 1. The molecule has 0 amide bonds. The van der Waals surface area contributed by atoms with Crippen molar-refractivity contribution in [2.75, 3.05) is 61.5 Å². The third-order valence-electron chi connectivity index (χ3n) is 8.02. The van der Waals surface area contributed by atoms with Crippen LogP contribution in [-0.4, -0.2) is 78.7 Å². The van der Waals surface area contributed by atoms with Gasteiger partial charge in [-0.3, -0.25) is 9.69 Å². The molecule has 2 fully saturated rings. The number of nitrogens with one attached hydrogen (secondary N) is 2. The van der Waals surface area contributed by atoms with Crippen molar-refractivity contribution in [3.63, 3.8) is 0 Å². The zero-order valence-corrected chi connectivity index (χ0v) is 21.3. The van der Waals surface area contributed by atoms with Gasteiger partial charge in [0.05, 0.1) is 35.1 Å². The van der Waals surface area contributed by atoms with Crippen LogP contribution in [-0.2, 0) is 0 Å². The lowest BCUT2D eigenvalue weighted by atomic mass is 10.00. The van der Waals surface area contributed by atoms with Crippen LogP contribution >= 0.6 is 0 Å². The molecule has 1 aromatic heterocycles. The van der Waals surface area contributed by atoms with Crippen LogP contribution < -0.4 is 25.3 Å². The van der Waals surface area contributed by atoms with E-state index in [1.54, 1.807) is 13.2 Å². The van der Waals surface area contributed by atoms with Crippen LogP contribution in [0.15, 0.2) is 41.3 Å². The molecule has 0 saturated carbocycles. The van der Waals surface area contributed by atoms with Gasteiger partial charge in [0.1, 0.15) is 12.0 Å². The number of anilines is 3. The number of piperazine rings is 1. The Morgan fingerprint density at radius 2 is 1.76 bits per heavy atom. The Kier molecular flexibility index (Phi) is 6.37. The maximum Gasteiger partial charge on any atom is 0.192 e. The van der Waals surface area contributed by atoms with Gasteiger partial charge in [-0.2, -0.15) is 0 Å². The Labute approximate surface area is 219 Å². The number of fused-ring (bicyclic) bond motifs is 2. The number of phenolic OH excluding ortho intramolecular Hbond substituents is 1. The van der Waals surface area contributed by atoms with Gasteiger partial charge in [-0.05, 0) is 25.0 Å². The summed E-state index contributed by atoms with van der Waals surface area (Å²) >= 11 is 0. The molecule has 3 aromatic rings. The minimum atomic E-state index is -0.878. The Morgan fingerprint density at radius 3 is 2.50 bits per heavy atom. The molecule has 200 valence electrons. The van der Waals surface area contributed by atoms with E-state index in [0.29, 0.717) is 17.2 Å². The summed E-state index contributed by atoms with van der Waals surface area (Å²) in [4.78, 5) is 22.3. The van der Waals surface area contributed by atoms with Crippen molar-refractivity contribution in [1.29, 1.82) is 0 Å². The van der Waals surface area contributed by atoms with E-state index in [1.807, 2.05) is 18.2 Å². The molecule has 1 unspecified atom stereocenters. The summed E-state index contributed by atoms with van der Waals surface area (Å²) in [5.41, 5.74) is 3.60. The Balaban J connectivity index is 1.13. The highest BCUT2D eigenvalue weighted by atomic mass is 19.1. The van der Waals surface area contributed by atoms with Crippen LogP contribution in [0.25, 0.3) is 17.0 Å². The number of aliphatic hydroxyl groups is 1. The minimum Gasteiger partial charge on any atom is -0.505 e. The average Bonchev–Trinajstić information content (AvgIpc) is 2.94. The van der Waals surface area contributed by atoms with E-state index in [1.165, 1.54) is 18.3 Å². The second-order valence-electron chi connectivity index (χ2n) is 10.1. The summed E-state index contributed by atoms with van der Waals surface area (Å²) < 4.78 is 20.0. The highest BCUT2D eigenvalue weighted by Crippen LogP contribution is 2.39. The van der Waals surface area contributed by atoms with E-state index in [4.69, 9.17) is 4.74 Å². The van der Waals surface area contributed by atoms with Crippen molar-refractivity contribution in [3.8, 4) is 11.5 Å². The highest BCUT2D eigenvalue weighted by Gasteiger charge is 2.30. The van der Waals surface area contributed by atoms with Gasteiger partial charge >= 0.3 is 0 Å². The molecule has 0 spiro atoms. The van der Waals surface area contributed by atoms with Gasteiger partial charge in [-0.1, -0.05) is 6.08 Å². The minimum absolute atomic E-state index is 0.0991. The summed E-state index contributed by atoms with van der Waals surface area (Å²) in [7, 11) is 1.67. The lowest BCUT2D eigenvalue weighted by Gasteiger charge is -2.44. The van der Waals surface area contributed by atoms with Crippen molar-refractivity contribution in [1.82, 2.24) is 9.88 Å². The Hall–Kier alpha value is -3.76. The second kappa shape index (κ2) is 9.85. The van der Waals surface area contributed by atoms with Crippen LogP contribution in [0.2, 0.25) is 0 Å². The zero-order chi connectivity index (χ0) is 26.4. The number of pyridine rings is 1. The largest absolute Gasteiger partial charge is 0.505 e. The molecule has 0 aliphatic carbocycles. The lowest BCUT2D eigenvalue weighted by Crippen LogP contribution is -2.53. The number of aromatic nitrogens is 1. The van der Waals surface area contributed by atoms with Crippen molar-refractivity contribution in [3.05, 3.63) is 58.1 Å². The Bertz CT molecular complexity index is 1440. The van der Waals surface area contributed by atoms with Crippen LogP contribution in [0.4, 0.5) is 21.5 Å². The van der Waals surface area contributed by atoms with Gasteiger partial charge in [0.25, 0.3) is 0 Å². The molecule has 2 saturated heterocycles. The fourth-order valence-electron chi connectivity index (χ4n) is 6.01. The normalized spacial score (nSPS) is 20.4. The number of ether oxygens (including phenoxy) is 1. The molecule has 1 atom stereocenters. The summed E-state index contributed by atoms with van der Waals surface area (Å²) in [5.74, 6) is -0.590. The fraction of sp³-hybridized carbons (Fsp3) is 0.393. The SMILES string of the molecule is COc1cc2c(c(N3CCN(C4CCN(c5cc(O)c(F)c6c(=O)cc[nH]c56)CC4)CC3)c1)NC(O)C=C2. The van der Waals surface area contributed by atoms with E-state index < -0.39 is 23.2 Å². The van der Waals surface area contributed by atoms with Crippen molar-refractivity contribution >= 4 is 34.0 Å². The fourth-order valence-corrected chi connectivity index (χ4v) is 6.01. The number of aromatic hydroxyl groups is 1. The van der Waals surface area contributed by atoms with Crippen molar-refractivity contribution in [2.45, 2.75) is 25.1 Å². The van der Waals surface area contributed by atoms with Gasteiger partial charge in [-0.25, -0.2) is 4.39 Å². The Morgan fingerprint density at radius 1 is 1.03 bits per heavy atom. The average molecular weight is 522 g/mol. The van der Waals surface area contributed by atoms with Gasteiger partial charge in [-0.15, -0.1) is 0 Å². The summed E-state index contributed by atoms with van der Waals surface area (Å²) in [6.45, 7) is 5.06. The monoisotopic (exact) mass is 521 g/mol. The van der Waals surface area contributed by atoms with E-state index >= 15 is 0 Å². The quantitative estimate of drug-likeness (QED) is 0.416. The lowest BCUT2D eigenvalue weighted by molar-refractivity contribution is 0.160. The number of benzene rings is 2. The van der Waals surface area contributed by atoms with Crippen molar-refractivity contribution in [2.24, 2.45) is 0 Å². The topological polar surface area (TPSA) is 104 Å². The molecule has 6 rings (SSSR count). The molecule has 9 nitrogen and oxygen atoms in total. The number of hydrogen-bond acceptors (Lipinski definition) is 8. The molecule has 3 aliphatic heterocycles. The first-order chi connectivity index (χ1) is 18.4. The van der Waals surface area contributed by atoms with E-state index in [2.05, 4.69) is 25.0 Å². The maximum atomic E-state index is 14.5. The van der Waals surface area contributed by atoms with E-state index in [0.717, 1.165) is 74.8 Å². The number of rotatable bonds is 4. The number of aromatic amines is 1. The highest BCUT2D eigenvalue weighted by molar-refractivity contribution is 5.92. The van der Waals surface area contributed by atoms with Crippen LogP contribution in [0.5, 0.6) is 11.5 Å². The number of phenols is 1. The van der Waals surface area contributed by atoms with E-state index in [9.17, 15) is 19.4 Å². The van der Waals surface area contributed by atoms with Crippen LogP contribution in [0.1, 0.15) is 18.4 Å². The van der Waals surface area contributed by atoms with Gasteiger partial charge in [0, 0.05) is 75.3 Å². The summed E-state index contributed by atoms with van der Waals surface area (Å²) in [6, 6.07) is 7.12. The zero-order valence-electron chi connectivity index (χ0n) is 21.3. The predicted molar refractivity (Wildman–Crippen MR) is 147 cm³/mol.